The first kappa shape index (κ1) is 18.5. The lowest BCUT2D eigenvalue weighted by Gasteiger charge is -2.09. The Kier molecular flexibility index (Phi) is 6.85. The number of esters is 1. The smallest absolute Gasteiger partial charge is 0.337 e. The molecule has 0 saturated carbocycles. The van der Waals surface area contributed by atoms with Gasteiger partial charge in [0, 0.05) is 18.7 Å². The molecule has 0 aliphatic carbocycles. The quantitative estimate of drug-likeness (QED) is 0.808. The zero-order valence-corrected chi connectivity index (χ0v) is 14.4. The van der Waals surface area contributed by atoms with Crippen molar-refractivity contribution in [3.63, 3.8) is 0 Å². The summed E-state index contributed by atoms with van der Waals surface area (Å²) in [4.78, 5) is 11.4. The van der Waals surface area contributed by atoms with E-state index in [4.69, 9.17) is 13.9 Å². The van der Waals surface area contributed by atoms with Crippen LogP contribution < -0.4 is 5.32 Å². The molecular formula is C18H22ClNO4. The van der Waals surface area contributed by atoms with Crippen LogP contribution in [0.4, 0.5) is 0 Å². The summed E-state index contributed by atoms with van der Waals surface area (Å²) in [6.45, 7) is 2.41. The summed E-state index contributed by atoms with van der Waals surface area (Å²) in [7, 11) is 1.37. The van der Waals surface area contributed by atoms with Gasteiger partial charge in [0.2, 0.25) is 0 Å². The summed E-state index contributed by atoms with van der Waals surface area (Å²) >= 11 is 0. The molecule has 1 aromatic carbocycles. The summed E-state index contributed by atoms with van der Waals surface area (Å²) < 4.78 is 16.1. The molecule has 1 aliphatic rings. The van der Waals surface area contributed by atoms with Gasteiger partial charge in [0.25, 0.3) is 0 Å². The monoisotopic (exact) mass is 351 g/mol. The van der Waals surface area contributed by atoms with Crippen molar-refractivity contribution >= 4 is 18.4 Å². The maximum atomic E-state index is 11.4. The molecule has 130 valence electrons. The van der Waals surface area contributed by atoms with Crippen molar-refractivity contribution in [2.75, 3.05) is 20.3 Å². The van der Waals surface area contributed by atoms with Gasteiger partial charge in [-0.05, 0) is 37.1 Å². The van der Waals surface area contributed by atoms with Crippen LogP contribution in [0.2, 0.25) is 0 Å². The predicted molar refractivity (Wildman–Crippen MR) is 93.4 cm³/mol. The lowest BCUT2D eigenvalue weighted by atomic mass is 10.1. The van der Waals surface area contributed by atoms with E-state index in [1.54, 1.807) is 12.1 Å². The molecule has 1 unspecified atom stereocenters. The molecule has 1 aliphatic heterocycles. The third kappa shape index (κ3) is 4.60. The first-order valence-electron chi connectivity index (χ1n) is 7.86. The number of furan rings is 1. The Morgan fingerprint density at radius 2 is 2.04 bits per heavy atom. The number of benzene rings is 1. The van der Waals surface area contributed by atoms with Gasteiger partial charge >= 0.3 is 5.97 Å². The van der Waals surface area contributed by atoms with Crippen LogP contribution in [0.15, 0.2) is 40.8 Å². The molecule has 6 heteroatoms. The fourth-order valence-electron chi connectivity index (χ4n) is 2.68. The van der Waals surface area contributed by atoms with E-state index >= 15 is 0 Å². The second-order valence-electron chi connectivity index (χ2n) is 5.60. The van der Waals surface area contributed by atoms with Crippen molar-refractivity contribution < 1.29 is 18.7 Å². The van der Waals surface area contributed by atoms with Crippen LogP contribution in [0.5, 0.6) is 0 Å². The predicted octanol–water partition coefficient (Wildman–Crippen LogP) is 3.42. The van der Waals surface area contributed by atoms with Crippen LogP contribution in [-0.2, 0) is 16.0 Å². The van der Waals surface area contributed by atoms with E-state index in [1.165, 1.54) is 7.11 Å². The summed E-state index contributed by atoms with van der Waals surface area (Å²) in [5.41, 5.74) is 1.46. The topological polar surface area (TPSA) is 60.7 Å². The molecule has 1 fully saturated rings. The number of hydrogen-bond donors (Lipinski definition) is 1. The minimum absolute atomic E-state index is 0. The van der Waals surface area contributed by atoms with Gasteiger partial charge in [-0.15, -0.1) is 12.4 Å². The zero-order chi connectivity index (χ0) is 16.1. The Balaban J connectivity index is 0.00000208. The minimum Gasteiger partial charge on any atom is -0.465 e. The van der Waals surface area contributed by atoms with E-state index in [2.05, 4.69) is 5.32 Å². The van der Waals surface area contributed by atoms with E-state index < -0.39 is 0 Å². The average molecular weight is 352 g/mol. The molecule has 1 N–H and O–H groups in total. The number of carbonyl (C=O) groups is 1. The van der Waals surface area contributed by atoms with E-state index in [0.29, 0.717) is 18.2 Å². The normalized spacial score (nSPS) is 16.6. The summed E-state index contributed by atoms with van der Waals surface area (Å²) in [6.07, 6.45) is 2.61. The lowest BCUT2D eigenvalue weighted by molar-refractivity contribution is 0.0600. The lowest BCUT2D eigenvalue weighted by Crippen LogP contribution is -2.25. The number of ether oxygens (including phenoxy) is 2. The standard InChI is InChI=1S/C18H21NO4.ClH/c1-21-18(20)14-6-4-13(5-7-14)17-9-8-16(23-17)12-19-11-15-3-2-10-22-15;/h4-9,15,19H,2-3,10-12H2,1H3;1H. The Morgan fingerprint density at radius 1 is 1.25 bits per heavy atom. The highest BCUT2D eigenvalue weighted by atomic mass is 35.5. The van der Waals surface area contributed by atoms with Gasteiger partial charge in [0.1, 0.15) is 11.5 Å². The highest BCUT2D eigenvalue weighted by molar-refractivity contribution is 5.89. The fourth-order valence-corrected chi connectivity index (χ4v) is 2.68. The number of rotatable bonds is 6. The molecule has 2 heterocycles. The molecule has 24 heavy (non-hydrogen) atoms. The van der Waals surface area contributed by atoms with Crippen LogP contribution in [-0.4, -0.2) is 32.3 Å². The maximum Gasteiger partial charge on any atom is 0.337 e. The van der Waals surface area contributed by atoms with Gasteiger partial charge in [-0.2, -0.15) is 0 Å². The highest BCUT2D eigenvalue weighted by Crippen LogP contribution is 2.23. The highest BCUT2D eigenvalue weighted by Gasteiger charge is 2.15. The molecule has 0 amide bonds. The van der Waals surface area contributed by atoms with Gasteiger partial charge in [0.15, 0.2) is 0 Å². The molecule has 3 rings (SSSR count). The number of halogens is 1. The molecular weight excluding hydrogens is 330 g/mol. The second kappa shape index (κ2) is 8.87. The number of methoxy groups -OCH3 is 1. The van der Waals surface area contributed by atoms with Crippen LogP contribution in [0, 0.1) is 0 Å². The van der Waals surface area contributed by atoms with E-state index in [-0.39, 0.29) is 18.4 Å². The van der Waals surface area contributed by atoms with Crippen molar-refractivity contribution in [1.29, 1.82) is 0 Å². The number of nitrogens with one attached hydrogen (secondary N) is 1. The SMILES string of the molecule is COC(=O)c1ccc(-c2ccc(CNCC3CCCO3)o2)cc1.Cl. The zero-order valence-electron chi connectivity index (χ0n) is 13.6. The van der Waals surface area contributed by atoms with E-state index in [1.807, 2.05) is 24.3 Å². The van der Waals surface area contributed by atoms with Gasteiger partial charge < -0.3 is 19.2 Å². The average Bonchev–Trinajstić information content (AvgIpc) is 3.26. The van der Waals surface area contributed by atoms with Crippen LogP contribution in [0.3, 0.4) is 0 Å². The van der Waals surface area contributed by atoms with Crippen molar-refractivity contribution in [2.24, 2.45) is 0 Å². The Labute approximate surface area is 147 Å². The molecule has 2 aromatic rings. The molecule has 0 radical (unpaired) electrons. The van der Waals surface area contributed by atoms with Crippen molar-refractivity contribution in [2.45, 2.75) is 25.5 Å². The van der Waals surface area contributed by atoms with E-state index in [0.717, 1.165) is 43.1 Å². The number of hydrogen-bond acceptors (Lipinski definition) is 5. The first-order chi connectivity index (χ1) is 11.3. The Hall–Kier alpha value is -1.82. The molecule has 1 saturated heterocycles. The minimum atomic E-state index is -0.338. The molecule has 5 nitrogen and oxygen atoms in total. The summed E-state index contributed by atoms with van der Waals surface area (Å²) in [5.74, 6) is 1.33. The Morgan fingerprint density at radius 3 is 2.71 bits per heavy atom. The Bertz CT molecular complexity index is 647. The van der Waals surface area contributed by atoms with Crippen molar-refractivity contribution in [3.05, 3.63) is 47.7 Å². The van der Waals surface area contributed by atoms with Gasteiger partial charge in [0.05, 0.1) is 25.3 Å². The molecule has 1 atom stereocenters. The number of carbonyl (C=O) groups excluding carboxylic acids is 1. The largest absolute Gasteiger partial charge is 0.465 e. The maximum absolute atomic E-state index is 11.4. The van der Waals surface area contributed by atoms with Crippen LogP contribution >= 0.6 is 12.4 Å². The summed E-state index contributed by atoms with van der Waals surface area (Å²) in [6, 6.07) is 11.1. The third-order valence-electron chi connectivity index (χ3n) is 3.95. The molecule has 0 spiro atoms. The van der Waals surface area contributed by atoms with Gasteiger partial charge in [-0.25, -0.2) is 4.79 Å². The van der Waals surface area contributed by atoms with Gasteiger partial charge in [-0.3, -0.25) is 0 Å². The molecule has 0 bridgehead atoms. The van der Waals surface area contributed by atoms with Gasteiger partial charge in [-0.1, -0.05) is 12.1 Å². The van der Waals surface area contributed by atoms with E-state index in [9.17, 15) is 4.79 Å². The van der Waals surface area contributed by atoms with Crippen molar-refractivity contribution in [1.82, 2.24) is 5.32 Å². The first-order valence-corrected chi connectivity index (χ1v) is 7.86. The van der Waals surface area contributed by atoms with Crippen LogP contribution in [0.1, 0.15) is 29.0 Å². The molecule has 1 aromatic heterocycles. The fraction of sp³-hybridized carbons (Fsp3) is 0.389. The second-order valence-corrected chi connectivity index (χ2v) is 5.60. The van der Waals surface area contributed by atoms with Crippen molar-refractivity contribution in [3.8, 4) is 11.3 Å². The third-order valence-corrected chi connectivity index (χ3v) is 3.95. The summed E-state index contributed by atoms with van der Waals surface area (Å²) in [5, 5.41) is 3.36. The van der Waals surface area contributed by atoms with Crippen LogP contribution in [0.25, 0.3) is 11.3 Å².